The summed E-state index contributed by atoms with van der Waals surface area (Å²) in [6, 6.07) is 14.0. The first-order chi connectivity index (χ1) is 14.8. The average molecular weight is 417 g/mol. The van der Waals surface area contributed by atoms with Crippen LogP contribution in [0.5, 0.6) is 0 Å². The molecular weight excluding hydrogens is 392 g/mol. The Kier molecular flexibility index (Phi) is 5.23. The summed E-state index contributed by atoms with van der Waals surface area (Å²) < 4.78 is 5.26. The van der Waals surface area contributed by atoms with Crippen LogP contribution < -0.4 is 4.98 Å². The number of amides is 1. The van der Waals surface area contributed by atoms with Crippen molar-refractivity contribution in [1.29, 1.82) is 0 Å². The van der Waals surface area contributed by atoms with Gasteiger partial charge in [-0.1, -0.05) is 45.0 Å². The summed E-state index contributed by atoms with van der Waals surface area (Å²) in [5.41, 5.74) is 2.74. The van der Waals surface area contributed by atoms with Gasteiger partial charge >= 0.3 is 0 Å². The normalized spacial score (nSPS) is 16.8. The van der Waals surface area contributed by atoms with Crippen LogP contribution in [0.1, 0.15) is 54.1 Å². The second kappa shape index (κ2) is 7.87. The monoisotopic (exact) mass is 417 g/mol. The van der Waals surface area contributed by atoms with Gasteiger partial charge < -0.3 is 14.4 Å². The van der Waals surface area contributed by atoms with Gasteiger partial charge in [-0.3, -0.25) is 9.59 Å². The highest BCUT2D eigenvalue weighted by atomic mass is 16.3. The molecule has 0 saturated carbocycles. The second-order valence-electron chi connectivity index (χ2n) is 8.69. The second-order valence-corrected chi connectivity index (χ2v) is 8.69. The number of pyridine rings is 1. The number of nitrogens with zero attached hydrogens (tertiary/aromatic N) is 1. The van der Waals surface area contributed by atoms with Crippen LogP contribution in [0.3, 0.4) is 0 Å². The summed E-state index contributed by atoms with van der Waals surface area (Å²) >= 11 is 0. The van der Waals surface area contributed by atoms with Crippen LogP contribution in [0.4, 0.5) is 0 Å². The van der Waals surface area contributed by atoms with E-state index in [9.17, 15) is 14.7 Å². The van der Waals surface area contributed by atoms with E-state index < -0.39 is 23.5 Å². The molecule has 4 rings (SSSR count). The van der Waals surface area contributed by atoms with Crippen molar-refractivity contribution in [2.45, 2.75) is 38.8 Å². The first-order valence-electron chi connectivity index (χ1n) is 10.1. The highest BCUT2D eigenvalue weighted by molar-refractivity contribution is 6.14. The molecule has 0 bridgehead atoms. The quantitative estimate of drug-likeness (QED) is 0.632. The first-order valence-corrected chi connectivity index (χ1v) is 10.1. The van der Waals surface area contributed by atoms with Crippen LogP contribution in [-0.4, -0.2) is 21.7 Å². The SMILES string of the molecule is CC(C)(C)c1ccc(C2C(C(=O)c3ccco3)=C(O)C(=O)N2Cc2ccc[nH+]c2)cc1. The molecule has 1 atom stereocenters. The van der Waals surface area contributed by atoms with Crippen molar-refractivity contribution in [3.05, 3.63) is 101 Å². The van der Waals surface area contributed by atoms with Crippen LogP contribution >= 0.6 is 0 Å². The largest absolute Gasteiger partial charge is 0.503 e. The standard InChI is InChI=1S/C25H24N2O4/c1-25(2,3)18-10-8-17(9-11-18)21-20(22(28)19-7-5-13-31-19)23(29)24(30)27(21)15-16-6-4-12-26-14-16/h4-14,21,29H,15H2,1-3H3/p+1. The molecule has 3 aromatic rings. The highest BCUT2D eigenvalue weighted by Gasteiger charge is 2.44. The summed E-state index contributed by atoms with van der Waals surface area (Å²) in [5, 5.41) is 10.7. The summed E-state index contributed by atoms with van der Waals surface area (Å²) in [6.07, 6.45) is 4.96. The molecule has 1 aliphatic heterocycles. The van der Waals surface area contributed by atoms with E-state index in [4.69, 9.17) is 4.42 Å². The third kappa shape index (κ3) is 3.89. The van der Waals surface area contributed by atoms with Gasteiger partial charge in [-0.15, -0.1) is 0 Å². The molecule has 0 spiro atoms. The first kappa shape index (κ1) is 20.6. The van der Waals surface area contributed by atoms with Crippen molar-refractivity contribution in [2.75, 3.05) is 0 Å². The molecule has 0 fully saturated rings. The van der Waals surface area contributed by atoms with Gasteiger partial charge in [-0.2, -0.15) is 0 Å². The molecule has 1 unspecified atom stereocenters. The van der Waals surface area contributed by atoms with Crippen molar-refractivity contribution in [1.82, 2.24) is 4.90 Å². The summed E-state index contributed by atoms with van der Waals surface area (Å²) in [4.78, 5) is 30.7. The number of aromatic amines is 1. The van der Waals surface area contributed by atoms with E-state index in [1.807, 2.05) is 36.4 Å². The number of nitrogens with one attached hydrogen (secondary N) is 1. The number of hydrogen-bond donors (Lipinski definition) is 1. The third-order valence-corrected chi connectivity index (χ3v) is 5.51. The maximum absolute atomic E-state index is 13.2. The topological polar surface area (TPSA) is 84.9 Å². The van der Waals surface area contributed by atoms with Crippen LogP contribution in [0.2, 0.25) is 0 Å². The molecule has 31 heavy (non-hydrogen) atoms. The molecule has 2 aromatic heterocycles. The van der Waals surface area contributed by atoms with Gasteiger partial charge in [0, 0.05) is 11.6 Å². The predicted octanol–water partition coefficient (Wildman–Crippen LogP) is 4.17. The molecule has 6 nitrogen and oxygen atoms in total. The number of aliphatic hydroxyl groups excluding tert-OH is 1. The van der Waals surface area contributed by atoms with Gasteiger partial charge in [0.25, 0.3) is 5.91 Å². The zero-order valence-corrected chi connectivity index (χ0v) is 17.8. The van der Waals surface area contributed by atoms with Crippen LogP contribution in [0.25, 0.3) is 0 Å². The Labute approximate surface area is 180 Å². The van der Waals surface area contributed by atoms with Crippen molar-refractivity contribution in [3.63, 3.8) is 0 Å². The van der Waals surface area contributed by atoms with Crippen molar-refractivity contribution >= 4 is 11.7 Å². The smallest absolute Gasteiger partial charge is 0.290 e. The lowest BCUT2D eigenvalue weighted by Crippen LogP contribution is -2.31. The predicted molar refractivity (Wildman–Crippen MR) is 114 cm³/mol. The van der Waals surface area contributed by atoms with Crippen LogP contribution in [0, 0.1) is 0 Å². The maximum atomic E-state index is 13.2. The Hall–Kier alpha value is -3.67. The molecule has 2 N–H and O–H groups in total. The number of Topliss-reactive ketones (excluding diaryl/α,β-unsaturated/α-hetero) is 1. The van der Waals surface area contributed by atoms with Gasteiger partial charge in [0.2, 0.25) is 5.78 Å². The number of hydrogen-bond acceptors (Lipinski definition) is 4. The average Bonchev–Trinajstić information content (AvgIpc) is 3.37. The zero-order valence-electron chi connectivity index (χ0n) is 17.8. The molecule has 1 aliphatic rings. The van der Waals surface area contributed by atoms with Gasteiger partial charge in [-0.25, -0.2) is 4.98 Å². The molecule has 3 heterocycles. The van der Waals surface area contributed by atoms with Gasteiger partial charge in [0.1, 0.15) is 0 Å². The summed E-state index contributed by atoms with van der Waals surface area (Å²) in [7, 11) is 0. The van der Waals surface area contributed by atoms with Gasteiger partial charge in [0.05, 0.1) is 24.4 Å². The van der Waals surface area contributed by atoms with Crippen molar-refractivity contribution in [3.8, 4) is 0 Å². The summed E-state index contributed by atoms with van der Waals surface area (Å²) in [6.45, 7) is 6.60. The molecule has 6 heteroatoms. The van der Waals surface area contributed by atoms with E-state index in [0.717, 1.165) is 16.7 Å². The molecular formula is C25H25N2O4+. The van der Waals surface area contributed by atoms with Crippen molar-refractivity contribution in [2.24, 2.45) is 0 Å². The number of furan rings is 1. The highest BCUT2D eigenvalue weighted by Crippen LogP contribution is 2.40. The van der Waals surface area contributed by atoms with E-state index in [1.54, 1.807) is 18.5 Å². The Morgan fingerprint density at radius 3 is 2.45 bits per heavy atom. The van der Waals surface area contributed by atoms with Gasteiger partial charge in [-0.05, 0) is 34.7 Å². The van der Waals surface area contributed by atoms with E-state index in [2.05, 4.69) is 25.8 Å². The fraction of sp³-hybridized carbons (Fsp3) is 0.240. The minimum atomic E-state index is -0.723. The number of aromatic nitrogens is 1. The number of carbonyl (C=O) groups is 2. The zero-order chi connectivity index (χ0) is 22.2. The van der Waals surface area contributed by atoms with Crippen LogP contribution in [0.15, 0.2) is 82.9 Å². The number of H-pyrrole nitrogens is 1. The maximum Gasteiger partial charge on any atom is 0.290 e. The third-order valence-electron chi connectivity index (χ3n) is 5.51. The lowest BCUT2D eigenvalue weighted by Gasteiger charge is -2.27. The Balaban J connectivity index is 1.79. The Morgan fingerprint density at radius 1 is 1.13 bits per heavy atom. The molecule has 0 aliphatic carbocycles. The lowest BCUT2D eigenvalue weighted by molar-refractivity contribution is -0.378. The number of carbonyl (C=O) groups excluding carboxylic acids is 2. The summed E-state index contributed by atoms with van der Waals surface area (Å²) in [5.74, 6) is -1.53. The number of rotatable bonds is 5. The molecule has 0 radical (unpaired) electrons. The molecule has 1 amide bonds. The minimum absolute atomic E-state index is 0.0309. The van der Waals surface area contributed by atoms with E-state index in [-0.39, 0.29) is 23.3 Å². The minimum Gasteiger partial charge on any atom is -0.503 e. The molecule has 0 saturated heterocycles. The van der Waals surface area contributed by atoms with E-state index in [0.29, 0.717) is 0 Å². The Morgan fingerprint density at radius 2 is 1.87 bits per heavy atom. The van der Waals surface area contributed by atoms with E-state index >= 15 is 0 Å². The molecule has 158 valence electrons. The van der Waals surface area contributed by atoms with Crippen LogP contribution in [-0.2, 0) is 16.8 Å². The Bertz CT molecular complexity index is 1120. The van der Waals surface area contributed by atoms with E-state index in [1.165, 1.54) is 17.2 Å². The number of aliphatic hydroxyl groups is 1. The fourth-order valence-electron chi connectivity index (χ4n) is 3.83. The number of benzene rings is 1. The number of ketones is 1. The lowest BCUT2D eigenvalue weighted by atomic mass is 9.85. The fourth-order valence-corrected chi connectivity index (χ4v) is 3.83. The molecule has 1 aromatic carbocycles. The van der Waals surface area contributed by atoms with Crippen molar-refractivity contribution < 1.29 is 24.1 Å². The van der Waals surface area contributed by atoms with Gasteiger partial charge in [0.15, 0.2) is 23.9 Å².